The highest BCUT2D eigenvalue weighted by molar-refractivity contribution is 9.10. The van der Waals surface area contributed by atoms with E-state index in [1.165, 1.54) is 5.56 Å². The van der Waals surface area contributed by atoms with E-state index in [1.807, 2.05) is 45.0 Å². The lowest BCUT2D eigenvalue weighted by Gasteiger charge is -2.25. The van der Waals surface area contributed by atoms with Crippen LogP contribution in [0.5, 0.6) is 5.75 Å². The van der Waals surface area contributed by atoms with Gasteiger partial charge in [-0.1, -0.05) is 12.1 Å². The molecule has 1 aliphatic rings. The summed E-state index contributed by atoms with van der Waals surface area (Å²) in [5, 5.41) is 16.4. The van der Waals surface area contributed by atoms with Gasteiger partial charge in [0.1, 0.15) is 12.3 Å². The molecule has 0 spiro atoms. The van der Waals surface area contributed by atoms with Crippen molar-refractivity contribution in [1.29, 1.82) is 0 Å². The van der Waals surface area contributed by atoms with E-state index < -0.39 is 6.04 Å². The third-order valence-corrected chi connectivity index (χ3v) is 5.22. The summed E-state index contributed by atoms with van der Waals surface area (Å²) in [5.41, 5.74) is 10.6. The minimum Gasteiger partial charge on any atom is -0.505 e. The van der Waals surface area contributed by atoms with Gasteiger partial charge < -0.3 is 15.3 Å². The lowest BCUT2D eigenvalue weighted by atomic mass is 10.1. The number of aromatic hydroxyl groups is 1. The number of rotatable bonds is 5. The third kappa shape index (κ3) is 3.45. The first-order chi connectivity index (χ1) is 12.4. The van der Waals surface area contributed by atoms with Crippen molar-refractivity contribution >= 4 is 39.3 Å². The average Bonchev–Trinajstić information content (AvgIpc) is 2.94. The van der Waals surface area contributed by atoms with E-state index in [0.717, 1.165) is 23.2 Å². The summed E-state index contributed by atoms with van der Waals surface area (Å²) in [6.07, 6.45) is 0.884. The third-order valence-electron chi connectivity index (χ3n) is 4.58. The molecule has 3 N–H and O–H groups in total. The van der Waals surface area contributed by atoms with Gasteiger partial charge in [0.25, 0.3) is 0 Å². The van der Waals surface area contributed by atoms with Crippen LogP contribution in [-0.2, 0) is 4.79 Å². The lowest BCUT2D eigenvalue weighted by Crippen LogP contribution is -2.49. The first-order valence-electron chi connectivity index (χ1n) is 8.28. The highest BCUT2D eigenvalue weighted by atomic mass is 79.9. The van der Waals surface area contributed by atoms with Crippen LogP contribution in [0.4, 0.5) is 11.4 Å². The molecule has 26 heavy (non-hydrogen) atoms. The van der Waals surface area contributed by atoms with Gasteiger partial charge in [0, 0.05) is 0 Å². The van der Waals surface area contributed by atoms with Gasteiger partial charge in [-0.25, -0.2) is 5.43 Å². The molecule has 1 heterocycles. The van der Waals surface area contributed by atoms with Gasteiger partial charge >= 0.3 is 0 Å². The molecule has 0 fully saturated rings. The van der Waals surface area contributed by atoms with E-state index in [1.54, 1.807) is 17.1 Å². The first kappa shape index (κ1) is 18.4. The molecular formula is C19H21BrN4O2. The molecule has 0 bridgehead atoms. The molecule has 0 aromatic heterocycles. The number of benzene rings is 2. The Morgan fingerprint density at radius 1 is 1.19 bits per heavy atom. The molecule has 0 radical (unpaired) electrons. The Morgan fingerprint density at radius 3 is 2.65 bits per heavy atom. The summed E-state index contributed by atoms with van der Waals surface area (Å²) >= 11 is 3.28. The van der Waals surface area contributed by atoms with Crippen molar-refractivity contribution in [1.82, 2.24) is 5.43 Å². The number of hydrazone groups is 1. The molecule has 2 unspecified atom stereocenters. The number of hydrogen-bond acceptors (Lipinski definition) is 6. The summed E-state index contributed by atoms with van der Waals surface area (Å²) in [6.45, 7) is 5.96. The fraction of sp³-hybridized carbons (Fsp3) is 0.263. The second kappa shape index (κ2) is 7.47. The number of nitrogens with one attached hydrogen (secondary N) is 2. The van der Waals surface area contributed by atoms with E-state index >= 15 is 0 Å². The molecule has 3 rings (SSSR count). The molecule has 0 amide bonds. The maximum Gasteiger partial charge on any atom is 0.154 e. The van der Waals surface area contributed by atoms with E-state index in [2.05, 4.69) is 31.9 Å². The maximum absolute atomic E-state index is 11.8. The molecule has 136 valence electrons. The van der Waals surface area contributed by atoms with Crippen molar-refractivity contribution in [2.24, 2.45) is 5.10 Å². The summed E-state index contributed by atoms with van der Waals surface area (Å²) in [4.78, 5) is 11.8. The molecule has 6 nitrogen and oxygen atoms in total. The fourth-order valence-corrected chi connectivity index (χ4v) is 3.25. The standard InChI is InChI=1S/C19H21BrN4O2/c1-11-7-8-14(9-12(11)2)24-17(10-25)18(13(3)23-24)22-21-16-6-4-5-15(20)19(16)26/h4-10,17-18,21-22,26H,1-3H3. The van der Waals surface area contributed by atoms with Crippen molar-refractivity contribution in [2.75, 3.05) is 10.4 Å². The molecule has 0 saturated carbocycles. The number of aldehydes is 1. The Labute approximate surface area is 161 Å². The number of nitrogens with zero attached hydrogens (tertiary/aromatic N) is 2. The molecule has 0 saturated heterocycles. The number of carbonyl (C=O) groups is 1. The Morgan fingerprint density at radius 2 is 1.96 bits per heavy atom. The predicted molar refractivity (Wildman–Crippen MR) is 108 cm³/mol. The van der Waals surface area contributed by atoms with Crippen LogP contribution in [0.15, 0.2) is 46.0 Å². The quantitative estimate of drug-likeness (QED) is 0.394. The smallest absolute Gasteiger partial charge is 0.154 e. The Bertz CT molecular complexity index is 869. The van der Waals surface area contributed by atoms with Crippen molar-refractivity contribution in [3.05, 3.63) is 52.0 Å². The number of phenols is 1. The topological polar surface area (TPSA) is 77.0 Å². The van der Waals surface area contributed by atoms with Crippen molar-refractivity contribution in [2.45, 2.75) is 32.9 Å². The number of anilines is 2. The molecule has 0 aliphatic carbocycles. The molecule has 2 atom stereocenters. The molecule has 1 aliphatic heterocycles. The number of phenolic OH excluding ortho intramolecular Hbond substituents is 1. The van der Waals surface area contributed by atoms with Gasteiger partial charge in [-0.3, -0.25) is 5.01 Å². The average molecular weight is 417 g/mol. The Balaban J connectivity index is 1.80. The Hall–Kier alpha value is -2.38. The van der Waals surface area contributed by atoms with Crippen LogP contribution in [0.25, 0.3) is 0 Å². The number of para-hydroxylation sites is 1. The summed E-state index contributed by atoms with van der Waals surface area (Å²) in [5.74, 6) is 0.0984. The van der Waals surface area contributed by atoms with E-state index in [4.69, 9.17) is 0 Å². The highest BCUT2D eigenvalue weighted by Crippen LogP contribution is 2.31. The van der Waals surface area contributed by atoms with Crippen LogP contribution in [0.1, 0.15) is 18.1 Å². The first-order valence-corrected chi connectivity index (χ1v) is 9.07. The van der Waals surface area contributed by atoms with Crippen LogP contribution in [-0.4, -0.2) is 29.2 Å². The van der Waals surface area contributed by atoms with Gasteiger partial charge in [-0.05, 0) is 72.1 Å². The molecule has 2 aromatic carbocycles. The zero-order valence-corrected chi connectivity index (χ0v) is 16.4. The van der Waals surface area contributed by atoms with Gasteiger partial charge in [-0.2, -0.15) is 5.10 Å². The second-order valence-corrected chi connectivity index (χ2v) is 7.22. The van der Waals surface area contributed by atoms with Crippen molar-refractivity contribution in [3.8, 4) is 5.75 Å². The highest BCUT2D eigenvalue weighted by Gasteiger charge is 2.36. The molecule has 7 heteroatoms. The molecular weight excluding hydrogens is 396 g/mol. The predicted octanol–water partition coefficient (Wildman–Crippen LogP) is 3.52. The number of hydrogen-bond donors (Lipinski definition) is 3. The second-order valence-electron chi connectivity index (χ2n) is 6.36. The fourth-order valence-electron chi connectivity index (χ4n) is 2.88. The molecule has 2 aromatic rings. The van der Waals surface area contributed by atoms with Crippen molar-refractivity contribution < 1.29 is 9.90 Å². The largest absolute Gasteiger partial charge is 0.505 e. The van der Waals surface area contributed by atoms with Gasteiger partial charge in [0.15, 0.2) is 5.75 Å². The van der Waals surface area contributed by atoms with E-state index in [0.29, 0.717) is 10.2 Å². The zero-order valence-electron chi connectivity index (χ0n) is 14.8. The summed E-state index contributed by atoms with van der Waals surface area (Å²) in [6, 6.07) is 10.5. The lowest BCUT2D eigenvalue weighted by molar-refractivity contribution is -0.109. The number of aryl methyl sites for hydroxylation is 2. The zero-order chi connectivity index (χ0) is 18.8. The Kier molecular flexibility index (Phi) is 5.29. The van der Waals surface area contributed by atoms with Crippen LogP contribution in [0, 0.1) is 13.8 Å². The van der Waals surface area contributed by atoms with E-state index in [9.17, 15) is 9.90 Å². The SMILES string of the molecule is CC1=NN(c2ccc(C)c(C)c2)C(C=O)C1NNc1cccc(Br)c1O. The van der Waals surface area contributed by atoms with Gasteiger partial charge in [-0.15, -0.1) is 0 Å². The van der Waals surface area contributed by atoms with Crippen LogP contribution in [0.3, 0.4) is 0 Å². The summed E-state index contributed by atoms with van der Waals surface area (Å²) in [7, 11) is 0. The van der Waals surface area contributed by atoms with Gasteiger partial charge in [0.2, 0.25) is 0 Å². The number of hydrazine groups is 1. The number of halogens is 1. The van der Waals surface area contributed by atoms with Crippen molar-refractivity contribution in [3.63, 3.8) is 0 Å². The maximum atomic E-state index is 11.8. The van der Waals surface area contributed by atoms with Gasteiger partial charge in [0.05, 0.1) is 27.6 Å². The van der Waals surface area contributed by atoms with Crippen LogP contribution >= 0.6 is 15.9 Å². The number of carbonyl (C=O) groups excluding carboxylic acids is 1. The summed E-state index contributed by atoms with van der Waals surface area (Å²) < 4.78 is 0.588. The minimum atomic E-state index is -0.487. The van der Waals surface area contributed by atoms with Crippen LogP contribution < -0.4 is 15.9 Å². The van der Waals surface area contributed by atoms with E-state index in [-0.39, 0.29) is 11.8 Å². The minimum absolute atomic E-state index is 0.0984. The monoisotopic (exact) mass is 416 g/mol. The normalized spacial score (nSPS) is 19.4. The van der Waals surface area contributed by atoms with Crippen LogP contribution in [0.2, 0.25) is 0 Å².